The van der Waals surface area contributed by atoms with E-state index < -0.39 is 34.8 Å². The zero-order valence-electron chi connectivity index (χ0n) is 24.3. The summed E-state index contributed by atoms with van der Waals surface area (Å²) in [4.78, 5) is 60.2. The van der Waals surface area contributed by atoms with Crippen molar-refractivity contribution < 1.29 is 18.4 Å². The molecule has 4 heterocycles. The second kappa shape index (κ2) is 11.6. The van der Waals surface area contributed by atoms with E-state index in [4.69, 9.17) is 0 Å². The Morgan fingerprint density at radius 2 is 1.67 bits per heavy atom. The number of carbonyl (C=O) groups is 2. The van der Waals surface area contributed by atoms with E-state index in [1.54, 1.807) is 42.5 Å². The fourth-order valence-corrected chi connectivity index (χ4v) is 6.13. The number of hydrogen-bond donors (Lipinski definition) is 1. The number of rotatable bonds is 6. The lowest BCUT2D eigenvalue weighted by atomic mass is 9.90. The molecule has 1 N–H and O–H groups in total. The summed E-state index contributed by atoms with van der Waals surface area (Å²) in [6.07, 6.45) is 6.21. The second-order valence-corrected chi connectivity index (χ2v) is 11.3. The third-order valence-corrected chi connectivity index (χ3v) is 8.42. The third-order valence-electron chi connectivity index (χ3n) is 8.42. The molecule has 0 unspecified atom stereocenters. The van der Waals surface area contributed by atoms with Crippen molar-refractivity contribution in [2.24, 2.45) is 0 Å². The van der Waals surface area contributed by atoms with Crippen LogP contribution >= 0.6 is 0 Å². The maximum atomic E-state index is 14.4. The summed E-state index contributed by atoms with van der Waals surface area (Å²) >= 11 is 0. The van der Waals surface area contributed by atoms with Gasteiger partial charge < -0.3 is 9.72 Å². The van der Waals surface area contributed by atoms with Crippen molar-refractivity contribution in [3.63, 3.8) is 0 Å². The Balaban J connectivity index is 1.19. The number of aldehydes is 1. The smallest absolute Gasteiger partial charge is 0.337 e. The first-order valence-electron chi connectivity index (χ1n) is 14.7. The average molecular weight is 621 g/mol. The number of benzene rings is 2. The van der Waals surface area contributed by atoms with E-state index in [-0.39, 0.29) is 22.8 Å². The van der Waals surface area contributed by atoms with Gasteiger partial charge in [-0.15, -0.1) is 0 Å². The maximum Gasteiger partial charge on any atom is 0.337 e. The van der Waals surface area contributed by atoms with E-state index in [0.29, 0.717) is 42.6 Å². The first kappa shape index (κ1) is 29.0. The van der Waals surface area contributed by atoms with Crippen LogP contribution in [0.1, 0.15) is 52.6 Å². The van der Waals surface area contributed by atoms with Gasteiger partial charge in [0.2, 0.25) is 0 Å². The largest absolute Gasteiger partial charge is 0.348 e. The molecule has 1 aliphatic carbocycles. The van der Waals surface area contributed by atoms with Crippen molar-refractivity contribution in [3.05, 3.63) is 129 Å². The van der Waals surface area contributed by atoms with Crippen LogP contribution in [0.4, 0.5) is 8.78 Å². The minimum atomic E-state index is -0.702. The molecule has 2 aromatic carbocycles. The number of nitrogens with one attached hydrogen (secondary N) is 1. The third kappa shape index (κ3) is 5.27. The lowest BCUT2D eigenvalue weighted by molar-refractivity contribution is 0.0917. The minimum absolute atomic E-state index is 0.0287. The number of nitrogens with zero attached hydrogens (tertiary/aromatic N) is 5. The van der Waals surface area contributed by atoms with Gasteiger partial charge in [0.25, 0.3) is 11.5 Å². The van der Waals surface area contributed by atoms with Crippen LogP contribution in [0.15, 0.2) is 94.9 Å². The van der Waals surface area contributed by atoms with Gasteiger partial charge in [-0.3, -0.25) is 19.0 Å². The minimum Gasteiger partial charge on any atom is -0.348 e. The van der Waals surface area contributed by atoms with Crippen LogP contribution < -0.4 is 16.6 Å². The maximum absolute atomic E-state index is 14.4. The Bertz CT molecular complexity index is 2270. The summed E-state index contributed by atoms with van der Waals surface area (Å²) in [6.45, 7) is 0. The molecule has 10 nitrogen and oxygen atoms in total. The van der Waals surface area contributed by atoms with Crippen LogP contribution in [0.25, 0.3) is 33.5 Å². The molecule has 0 spiro atoms. The molecule has 0 radical (unpaired) electrons. The van der Waals surface area contributed by atoms with Crippen molar-refractivity contribution in [3.8, 4) is 16.8 Å². The van der Waals surface area contributed by atoms with Crippen LogP contribution in [-0.4, -0.2) is 41.7 Å². The van der Waals surface area contributed by atoms with Crippen molar-refractivity contribution in [2.45, 2.75) is 37.8 Å². The van der Waals surface area contributed by atoms with Gasteiger partial charge in [-0.1, -0.05) is 36.4 Å². The number of fused-ring (bicyclic) bond motifs is 2. The number of hydrogen-bond acceptors (Lipinski definition) is 6. The topological polar surface area (TPSA) is 120 Å². The quantitative estimate of drug-likeness (QED) is 0.266. The van der Waals surface area contributed by atoms with Crippen LogP contribution in [0.5, 0.6) is 0 Å². The van der Waals surface area contributed by atoms with Gasteiger partial charge in [0.15, 0.2) is 5.65 Å². The molecule has 46 heavy (non-hydrogen) atoms. The highest BCUT2D eigenvalue weighted by Crippen LogP contribution is 2.28. The van der Waals surface area contributed by atoms with Crippen molar-refractivity contribution in [1.29, 1.82) is 0 Å². The first-order valence-corrected chi connectivity index (χ1v) is 14.7. The van der Waals surface area contributed by atoms with E-state index in [1.807, 2.05) is 6.07 Å². The molecule has 0 bridgehead atoms. The number of pyridine rings is 2. The Morgan fingerprint density at radius 1 is 0.891 bits per heavy atom. The summed E-state index contributed by atoms with van der Waals surface area (Å²) in [5, 5.41) is 2.93. The summed E-state index contributed by atoms with van der Waals surface area (Å²) < 4.78 is 31.9. The number of amides is 1. The lowest BCUT2D eigenvalue weighted by Crippen LogP contribution is -2.45. The van der Waals surface area contributed by atoms with Crippen LogP contribution in [-0.2, 0) is 0 Å². The Hall–Kier alpha value is -5.78. The van der Waals surface area contributed by atoms with E-state index in [9.17, 15) is 28.0 Å². The van der Waals surface area contributed by atoms with Gasteiger partial charge in [-0.2, -0.15) is 0 Å². The fourth-order valence-electron chi connectivity index (χ4n) is 6.13. The van der Waals surface area contributed by atoms with Gasteiger partial charge in [0, 0.05) is 30.0 Å². The molecular formula is C34H26F2N6O4. The SMILES string of the molecule is O=Cc1ccc(-c2cccc(-n3c(=O)n(C4CCC(NC(=O)c5cn6cc(F)ccc6n5)CC4)c(=O)c4cc(F)cnc43)c2)cc1. The summed E-state index contributed by atoms with van der Waals surface area (Å²) in [5.41, 5.74) is 1.94. The molecule has 12 heteroatoms. The summed E-state index contributed by atoms with van der Waals surface area (Å²) in [5.74, 6) is -1.55. The van der Waals surface area contributed by atoms with E-state index in [2.05, 4.69) is 15.3 Å². The van der Waals surface area contributed by atoms with E-state index in [0.717, 1.165) is 29.7 Å². The van der Waals surface area contributed by atoms with Gasteiger partial charge in [0.1, 0.15) is 29.3 Å². The highest BCUT2D eigenvalue weighted by atomic mass is 19.1. The molecule has 1 aliphatic rings. The predicted molar refractivity (Wildman–Crippen MR) is 166 cm³/mol. The zero-order chi connectivity index (χ0) is 31.9. The zero-order valence-corrected chi connectivity index (χ0v) is 24.3. The van der Waals surface area contributed by atoms with E-state index in [1.165, 1.54) is 38.1 Å². The van der Waals surface area contributed by atoms with Gasteiger partial charge in [-0.05, 0) is 67.1 Å². The van der Waals surface area contributed by atoms with Crippen LogP contribution in [0, 0.1) is 11.6 Å². The molecule has 230 valence electrons. The Morgan fingerprint density at radius 3 is 2.43 bits per heavy atom. The molecule has 1 fully saturated rings. The molecular weight excluding hydrogens is 594 g/mol. The molecule has 1 saturated carbocycles. The standard InChI is InChI=1S/C34H26F2N6O4/c35-23-8-13-30-39-29(18-40(30)17-23)32(44)38-25-9-11-26(12-10-25)42-33(45)28-15-24(36)16-37-31(28)41(34(42)46)27-3-1-2-22(14-27)21-6-4-20(19-43)5-7-21/h1-8,13-19,25-26H,9-12H2,(H,38,44). The number of carbonyl (C=O) groups excluding carboxylic acids is 2. The molecule has 0 aliphatic heterocycles. The second-order valence-electron chi connectivity index (χ2n) is 11.3. The molecule has 6 aromatic rings. The Labute approximate surface area is 259 Å². The Kier molecular flexibility index (Phi) is 7.31. The lowest BCUT2D eigenvalue weighted by Gasteiger charge is -2.30. The average Bonchev–Trinajstić information content (AvgIpc) is 3.50. The summed E-state index contributed by atoms with van der Waals surface area (Å²) in [7, 11) is 0. The van der Waals surface area contributed by atoms with Crippen molar-refractivity contribution in [2.75, 3.05) is 0 Å². The van der Waals surface area contributed by atoms with E-state index >= 15 is 0 Å². The first-order chi connectivity index (χ1) is 22.3. The van der Waals surface area contributed by atoms with Crippen molar-refractivity contribution >= 4 is 28.9 Å². The number of halogens is 2. The van der Waals surface area contributed by atoms with Gasteiger partial charge >= 0.3 is 5.69 Å². The van der Waals surface area contributed by atoms with Gasteiger partial charge in [-0.25, -0.2) is 28.1 Å². The molecule has 0 atom stereocenters. The molecule has 7 rings (SSSR count). The van der Waals surface area contributed by atoms with Crippen LogP contribution in [0.2, 0.25) is 0 Å². The summed E-state index contributed by atoms with van der Waals surface area (Å²) in [6, 6.07) is 17.2. The predicted octanol–water partition coefficient (Wildman–Crippen LogP) is 4.87. The molecule has 4 aromatic heterocycles. The molecule has 1 amide bonds. The highest BCUT2D eigenvalue weighted by Gasteiger charge is 2.28. The van der Waals surface area contributed by atoms with Crippen LogP contribution in [0.3, 0.4) is 0 Å². The molecule has 0 saturated heterocycles. The monoisotopic (exact) mass is 620 g/mol. The number of aromatic nitrogens is 5. The van der Waals surface area contributed by atoms with Crippen molar-refractivity contribution in [1.82, 2.24) is 28.8 Å². The highest BCUT2D eigenvalue weighted by molar-refractivity contribution is 5.93. The fraction of sp³-hybridized carbons (Fsp3) is 0.176. The normalized spacial score (nSPS) is 16.5. The number of imidazole rings is 1. The van der Waals surface area contributed by atoms with Gasteiger partial charge in [0.05, 0.1) is 17.3 Å².